The van der Waals surface area contributed by atoms with E-state index in [1.807, 2.05) is 0 Å². The van der Waals surface area contributed by atoms with Gasteiger partial charge in [0.1, 0.15) is 12.4 Å². The number of aliphatic carboxylic acids is 1. The van der Waals surface area contributed by atoms with E-state index in [1.54, 1.807) is 0 Å². The number of carboxylic acid groups (broad SMARTS) is 1. The Balaban J connectivity index is 2.30. The number of pyridine rings is 1. The van der Waals surface area contributed by atoms with Gasteiger partial charge in [0.2, 0.25) is 0 Å². The molecule has 1 aliphatic rings. The third-order valence-corrected chi connectivity index (χ3v) is 2.21. The van der Waals surface area contributed by atoms with Crippen LogP contribution >= 0.6 is 0 Å². The lowest BCUT2D eigenvalue weighted by Gasteiger charge is -2.27. The second kappa shape index (κ2) is 3.76. The molecule has 0 spiro atoms. The van der Waals surface area contributed by atoms with E-state index < -0.39 is 24.4 Å². The van der Waals surface area contributed by atoms with Crippen molar-refractivity contribution < 1.29 is 19.1 Å². The van der Waals surface area contributed by atoms with Gasteiger partial charge in [-0.1, -0.05) is 0 Å². The van der Waals surface area contributed by atoms with E-state index in [-0.39, 0.29) is 17.8 Å². The van der Waals surface area contributed by atoms with Crippen LogP contribution in [0, 0.1) is 5.82 Å². The normalized spacial score (nSPS) is 14.3. The van der Waals surface area contributed by atoms with Gasteiger partial charge in [-0.3, -0.25) is 9.78 Å². The fourth-order valence-electron chi connectivity index (χ4n) is 1.48. The minimum absolute atomic E-state index is 0.0676. The zero-order valence-corrected chi connectivity index (χ0v) is 8.11. The molecule has 0 bridgehead atoms. The first-order valence-corrected chi connectivity index (χ1v) is 4.48. The molecule has 1 aromatic rings. The molecule has 2 N–H and O–H groups in total. The van der Waals surface area contributed by atoms with E-state index in [1.165, 1.54) is 6.20 Å². The monoisotopic (exact) mass is 225 g/mol. The zero-order chi connectivity index (χ0) is 11.7. The fraction of sp³-hybridized carbons (Fsp3) is 0.222. The highest BCUT2D eigenvalue weighted by Gasteiger charge is 2.26. The highest BCUT2D eigenvalue weighted by atomic mass is 19.1. The second-order valence-electron chi connectivity index (χ2n) is 3.33. The molecular weight excluding hydrogens is 217 g/mol. The summed E-state index contributed by atoms with van der Waals surface area (Å²) in [7, 11) is 0. The van der Waals surface area contributed by atoms with E-state index in [9.17, 15) is 14.0 Å². The maximum atomic E-state index is 13.3. The number of carbonyl (C=O) groups is 2. The van der Waals surface area contributed by atoms with Crippen LogP contribution in [0.25, 0.3) is 0 Å². The third-order valence-electron chi connectivity index (χ3n) is 2.21. The molecule has 0 aromatic carbocycles. The summed E-state index contributed by atoms with van der Waals surface area (Å²) in [4.78, 5) is 26.5. The Morgan fingerprint density at radius 2 is 2.38 bits per heavy atom. The number of carbonyl (C=O) groups excluding carboxylic acids is 1. The van der Waals surface area contributed by atoms with Crippen LogP contribution in [0.4, 0.5) is 14.9 Å². The van der Waals surface area contributed by atoms with Crippen LogP contribution in [0.3, 0.4) is 0 Å². The van der Waals surface area contributed by atoms with Crippen molar-refractivity contribution in [3.8, 4) is 0 Å². The lowest BCUT2D eigenvalue weighted by molar-refractivity contribution is -0.137. The van der Waals surface area contributed by atoms with Gasteiger partial charge in [0.05, 0.1) is 24.6 Å². The quantitative estimate of drug-likeness (QED) is 0.774. The summed E-state index contributed by atoms with van der Waals surface area (Å²) >= 11 is 0. The molecule has 2 rings (SSSR count). The summed E-state index contributed by atoms with van der Waals surface area (Å²) < 4.78 is 13.3. The molecule has 0 fully saturated rings. The molecule has 0 aliphatic carbocycles. The molecule has 0 saturated carbocycles. The van der Waals surface area contributed by atoms with Gasteiger partial charge in [-0.2, -0.15) is 0 Å². The number of carboxylic acids is 1. The van der Waals surface area contributed by atoms with Gasteiger partial charge in [-0.05, 0) is 0 Å². The molecule has 1 aromatic heterocycles. The Hall–Kier alpha value is -2.18. The van der Waals surface area contributed by atoms with Crippen molar-refractivity contribution in [3.05, 3.63) is 23.8 Å². The molecule has 16 heavy (non-hydrogen) atoms. The van der Waals surface area contributed by atoms with E-state index >= 15 is 0 Å². The zero-order valence-electron chi connectivity index (χ0n) is 8.11. The molecule has 0 radical (unpaired) electrons. The smallest absolute Gasteiger partial charge is 0.323 e. The summed E-state index contributed by atoms with van der Waals surface area (Å²) in [6.45, 7) is -0.533. The molecule has 7 heteroatoms. The predicted octanol–water partition coefficient (Wildman–Crippen LogP) is 0.653. The molecule has 0 unspecified atom stereocenters. The summed E-state index contributed by atoms with van der Waals surface area (Å²) in [5, 5.41) is 11.0. The van der Waals surface area contributed by atoms with Crippen LogP contribution in [0.15, 0.2) is 12.4 Å². The van der Waals surface area contributed by atoms with E-state index in [4.69, 9.17) is 5.11 Å². The lowest BCUT2D eigenvalue weighted by atomic mass is 10.1. The first-order valence-electron chi connectivity index (χ1n) is 4.48. The van der Waals surface area contributed by atoms with Crippen LogP contribution in [-0.4, -0.2) is 33.5 Å². The second-order valence-corrected chi connectivity index (χ2v) is 3.33. The maximum absolute atomic E-state index is 13.3. The van der Waals surface area contributed by atoms with E-state index in [0.29, 0.717) is 0 Å². The van der Waals surface area contributed by atoms with E-state index in [2.05, 4.69) is 10.3 Å². The first kappa shape index (κ1) is 10.3. The SMILES string of the molecule is O=C(O)CN1Cc2c(F)cncc2NC1=O. The minimum Gasteiger partial charge on any atom is -0.480 e. The Labute approximate surface area is 89.7 Å². The highest BCUT2D eigenvalue weighted by molar-refractivity contribution is 5.93. The predicted molar refractivity (Wildman–Crippen MR) is 51.3 cm³/mol. The number of hydrogen-bond donors (Lipinski definition) is 2. The summed E-state index contributed by atoms with van der Waals surface area (Å²) in [6.07, 6.45) is 2.35. The van der Waals surface area contributed by atoms with Gasteiger partial charge in [0.25, 0.3) is 0 Å². The van der Waals surface area contributed by atoms with Crippen molar-refractivity contribution >= 4 is 17.7 Å². The van der Waals surface area contributed by atoms with Crippen molar-refractivity contribution in [2.75, 3.05) is 11.9 Å². The number of anilines is 1. The van der Waals surface area contributed by atoms with Crippen molar-refractivity contribution in [2.45, 2.75) is 6.54 Å². The Bertz CT molecular complexity index is 463. The summed E-state index contributed by atoms with van der Waals surface area (Å²) in [5.74, 6) is -1.71. The molecule has 0 atom stereocenters. The van der Waals surface area contributed by atoms with Gasteiger partial charge < -0.3 is 15.3 Å². The summed E-state index contributed by atoms with van der Waals surface area (Å²) in [5.41, 5.74) is 0.530. The fourth-order valence-corrected chi connectivity index (χ4v) is 1.48. The molecule has 1 aliphatic heterocycles. The van der Waals surface area contributed by atoms with Crippen LogP contribution < -0.4 is 5.32 Å². The summed E-state index contributed by atoms with van der Waals surface area (Å²) in [6, 6.07) is -0.567. The molecule has 0 saturated heterocycles. The van der Waals surface area contributed by atoms with Crippen LogP contribution in [0.1, 0.15) is 5.56 Å². The standard InChI is InChI=1S/C9H8FN3O3/c10-6-1-11-2-7-5(6)3-13(4-8(14)15)9(16)12-7/h1-2H,3-4H2,(H,12,16)(H,14,15). The number of aromatic nitrogens is 1. The molecular formula is C9H8FN3O3. The number of urea groups is 1. The van der Waals surface area contributed by atoms with Crippen molar-refractivity contribution in [1.29, 1.82) is 0 Å². The minimum atomic E-state index is -1.15. The Morgan fingerprint density at radius 1 is 1.62 bits per heavy atom. The number of halogens is 1. The number of nitrogens with zero attached hydrogens (tertiary/aromatic N) is 2. The van der Waals surface area contributed by atoms with Crippen molar-refractivity contribution in [1.82, 2.24) is 9.88 Å². The lowest BCUT2D eigenvalue weighted by Crippen LogP contribution is -2.42. The molecule has 6 nitrogen and oxygen atoms in total. The molecule has 2 heterocycles. The first-order chi connectivity index (χ1) is 7.58. The van der Waals surface area contributed by atoms with Gasteiger partial charge in [-0.25, -0.2) is 9.18 Å². The number of amides is 2. The van der Waals surface area contributed by atoms with Gasteiger partial charge in [0.15, 0.2) is 0 Å². The van der Waals surface area contributed by atoms with Crippen LogP contribution in [-0.2, 0) is 11.3 Å². The third kappa shape index (κ3) is 1.79. The van der Waals surface area contributed by atoms with Gasteiger partial charge >= 0.3 is 12.0 Å². The molecule has 2 amide bonds. The molecule has 84 valence electrons. The average Bonchev–Trinajstić information content (AvgIpc) is 2.20. The number of rotatable bonds is 2. The number of hydrogen-bond acceptors (Lipinski definition) is 3. The maximum Gasteiger partial charge on any atom is 0.323 e. The van der Waals surface area contributed by atoms with Gasteiger partial charge in [0, 0.05) is 5.56 Å². The number of fused-ring (bicyclic) bond motifs is 1. The highest BCUT2D eigenvalue weighted by Crippen LogP contribution is 2.24. The van der Waals surface area contributed by atoms with Crippen LogP contribution in [0.5, 0.6) is 0 Å². The Kier molecular flexibility index (Phi) is 2.43. The topological polar surface area (TPSA) is 82.5 Å². The average molecular weight is 225 g/mol. The Morgan fingerprint density at radius 3 is 3.06 bits per heavy atom. The van der Waals surface area contributed by atoms with Gasteiger partial charge in [-0.15, -0.1) is 0 Å². The largest absolute Gasteiger partial charge is 0.480 e. The van der Waals surface area contributed by atoms with Crippen molar-refractivity contribution in [3.63, 3.8) is 0 Å². The van der Waals surface area contributed by atoms with Crippen LogP contribution in [0.2, 0.25) is 0 Å². The van der Waals surface area contributed by atoms with Crippen molar-refractivity contribution in [2.24, 2.45) is 0 Å². The van der Waals surface area contributed by atoms with E-state index in [0.717, 1.165) is 11.1 Å². The number of nitrogens with one attached hydrogen (secondary N) is 1.